The van der Waals surface area contributed by atoms with Gasteiger partial charge in [0.1, 0.15) is 6.61 Å². The maximum absolute atomic E-state index is 11.4. The topological polar surface area (TPSA) is 72.5 Å². The standard InChI is InChI=1S/C7H11NO4S/c1-5-7(2-3-13(5,10)11)4-12-6(9)8-7/h5H,2-4H2,1H3,(H,8,9). The summed E-state index contributed by atoms with van der Waals surface area (Å²) in [4.78, 5) is 10.8. The second-order valence-corrected chi connectivity index (χ2v) is 6.06. The maximum Gasteiger partial charge on any atom is 0.407 e. The molecule has 0 radical (unpaired) electrons. The number of carbonyl (C=O) groups excluding carboxylic acids is 1. The van der Waals surface area contributed by atoms with Crippen molar-refractivity contribution in [1.29, 1.82) is 0 Å². The highest BCUT2D eigenvalue weighted by atomic mass is 32.2. The highest BCUT2D eigenvalue weighted by Crippen LogP contribution is 2.33. The van der Waals surface area contributed by atoms with Crippen molar-refractivity contribution in [1.82, 2.24) is 5.32 Å². The molecule has 2 aliphatic rings. The molecular formula is C7H11NO4S. The van der Waals surface area contributed by atoms with Crippen LogP contribution in [-0.2, 0) is 14.6 Å². The maximum atomic E-state index is 11.4. The molecule has 2 saturated heterocycles. The molecule has 1 N–H and O–H groups in total. The summed E-state index contributed by atoms with van der Waals surface area (Å²) in [5.41, 5.74) is -0.657. The smallest absolute Gasteiger partial charge is 0.407 e. The minimum Gasteiger partial charge on any atom is -0.447 e. The summed E-state index contributed by atoms with van der Waals surface area (Å²) < 4.78 is 27.6. The second-order valence-electron chi connectivity index (χ2n) is 3.62. The number of hydrogen-bond acceptors (Lipinski definition) is 4. The number of alkyl carbamates (subject to hydrolysis) is 1. The fraction of sp³-hybridized carbons (Fsp3) is 0.857. The molecule has 74 valence electrons. The van der Waals surface area contributed by atoms with E-state index in [9.17, 15) is 13.2 Å². The summed E-state index contributed by atoms with van der Waals surface area (Å²) in [5.74, 6) is 0.137. The van der Waals surface area contributed by atoms with Gasteiger partial charge in [-0.25, -0.2) is 13.2 Å². The Bertz CT molecular complexity index is 350. The van der Waals surface area contributed by atoms with Crippen molar-refractivity contribution in [2.45, 2.75) is 24.1 Å². The molecule has 2 atom stereocenters. The summed E-state index contributed by atoms with van der Waals surface area (Å²) in [6, 6.07) is 0. The van der Waals surface area contributed by atoms with Crippen molar-refractivity contribution < 1.29 is 17.9 Å². The van der Waals surface area contributed by atoms with Crippen molar-refractivity contribution in [2.24, 2.45) is 0 Å². The Balaban J connectivity index is 2.33. The fourth-order valence-electron chi connectivity index (χ4n) is 1.87. The van der Waals surface area contributed by atoms with Crippen LogP contribution in [0.3, 0.4) is 0 Å². The number of hydrogen-bond donors (Lipinski definition) is 1. The SMILES string of the molecule is CC1C2(CCS1(=O)=O)COC(=O)N2. The first-order chi connectivity index (χ1) is 5.96. The monoisotopic (exact) mass is 205 g/mol. The van der Waals surface area contributed by atoms with E-state index < -0.39 is 26.7 Å². The lowest BCUT2D eigenvalue weighted by atomic mass is 9.95. The van der Waals surface area contributed by atoms with Crippen LogP contribution in [0.1, 0.15) is 13.3 Å². The van der Waals surface area contributed by atoms with E-state index in [0.29, 0.717) is 6.42 Å². The summed E-state index contributed by atoms with van der Waals surface area (Å²) in [6.07, 6.45) is -0.0497. The van der Waals surface area contributed by atoms with Gasteiger partial charge in [-0.2, -0.15) is 0 Å². The van der Waals surface area contributed by atoms with Crippen LogP contribution in [0.2, 0.25) is 0 Å². The van der Waals surface area contributed by atoms with E-state index in [1.54, 1.807) is 6.92 Å². The Morgan fingerprint density at radius 1 is 1.62 bits per heavy atom. The first kappa shape index (κ1) is 8.80. The predicted molar refractivity (Wildman–Crippen MR) is 45.1 cm³/mol. The molecule has 0 bridgehead atoms. The number of sulfone groups is 1. The van der Waals surface area contributed by atoms with E-state index in [-0.39, 0.29) is 12.4 Å². The number of rotatable bonds is 0. The Kier molecular flexibility index (Phi) is 1.61. The van der Waals surface area contributed by atoms with Gasteiger partial charge >= 0.3 is 6.09 Å². The Morgan fingerprint density at radius 3 is 2.69 bits per heavy atom. The van der Waals surface area contributed by atoms with E-state index in [2.05, 4.69) is 5.32 Å². The summed E-state index contributed by atoms with van der Waals surface area (Å²) in [7, 11) is -3.03. The molecule has 5 nitrogen and oxygen atoms in total. The van der Waals surface area contributed by atoms with Crippen LogP contribution in [0.15, 0.2) is 0 Å². The average molecular weight is 205 g/mol. The van der Waals surface area contributed by atoms with Crippen molar-refractivity contribution >= 4 is 15.9 Å². The fourth-order valence-corrected chi connectivity index (χ4v) is 3.81. The molecule has 1 spiro atoms. The number of nitrogens with one attached hydrogen (secondary N) is 1. The number of carbonyl (C=O) groups is 1. The van der Waals surface area contributed by atoms with E-state index in [1.807, 2.05) is 0 Å². The van der Waals surface area contributed by atoms with Gasteiger partial charge in [0.2, 0.25) is 0 Å². The van der Waals surface area contributed by atoms with Gasteiger partial charge in [0.05, 0.1) is 16.5 Å². The highest BCUT2D eigenvalue weighted by Gasteiger charge is 2.54. The first-order valence-corrected chi connectivity index (χ1v) is 5.84. The van der Waals surface area contributed by atoms with Crippen molar-refractivity contribution in [2.75, 3.05) is 12.4 Å². The third kappa shape index (κ3) is 1.12. The van der Waals surface area contributed by atoms with Crippen LogP contribution in [0, 0.1) is 0 Å². The molecule has 2 rings (SSSR count). The molecule has 0 aromatic heterocycles. The minimum atomic E-state index is -3.03. The number of amides is 1. The van der Waals surface area contributed by atoms with Gasteiger partial charge in [-0.3, -0.25) is 0 Å². The average Bonchev–Trinajstić information content (AvgIpc) is 2.52. The van der Waals surface area contributed by atoms with Crippen molar-refractivity contribution in [3.63, 3.8) is 0 Å². The van der Waals surface area contributed by atoms with Gasteiger partial charge in [-0.05, 0) is 13.3 Å². The van der Waals surface area contributed by atoms with Crippen molar-refractivity contribution in [3.8, 4) is 0 Å². The summed E-state index contributed by atoms with van der Waals surface area (Å²) in [5, 5.41) is 2.06. The highest BCUT2D eigenvalue weighted by molar-refractivity contribution is 7.92. The quantitative estimate of drug-likeness (QED) is 0.588. The van der Waals surface area contributed by atoms with Gasteiger partial charge in [0.15, 0.2) is 9.84 Å². The van der Waals surface area contributed by atoms with Gasteiger partial charge < -0.3 is 10.1 Å². The van der Waals surface area contributed by atoms with Crippen LogP contribution in [0.25, 0.3) is 0 Å². The third-order valence-electron chi connectivity index (χ3n) is 2.96. The Morgan fingerprint density at radius 2 is 2.31 bits per heavy atom. The lowest BCUT2D eigenvalue weighted by Crippen LogP contribution is -2.50. The lowest BCUT2D eigenvalue weighted by Gasteiger charge is -2.23. The van der Waals surface area contributed by atoms with Crippen LogP contribution in [-0.4, -0.2) is 37.7 Å². The molecule has 1 amide bonds. The Hall–Kier alpha value is -0.780. The molecule has 0 aromatic rings. The van der Waals surface area contributed by atoms with Gasteiger partial charge in [0.25, 0.3) is 0 Å². The van der Waals surface area contributed by atoms with Crippen LogP contribution < -0.4 is 5.32 Å². The molecule has 6 heteroatoms. The lowest BCUT2D eigenvalue weighted by molar-refractivity contribution is 0.172. The van der Waals surface area contributed by atoms with E-state index in [0.717, 1.165) is 0 Å². The predicted octanol–water partition coefficient (Wildman–Crippen LogP) is -0.328. The van der Waals surface area contributed by atoms with Crippen LogP contribution >= 0.6 is 0 Å². The molecular weight excluding hydrogens is 194 g/mol. The molecule has 2 fully saturated rings. The van der Waals surface area contributed by atoms with E-state index in [4.69, 9.17) is 4.74 Å². The zero-order valence-electron chi connectivity index (χ0n) is 7.24. The zero-order chi connectivity index (χ0) is 9.69. The molecule has 2 heterocycles. The normalized spacial score (nSPS) is 41.9. The molecule has 13 heavy (non-hydrogen) atoms. The second kappa shape index (κ2) is 2.37. The number of ether oxygens (including phenoxy) is 1. The largest absolute Gasteiger partial charge is 0.447 e. The summed E-state index contributed by atoms with van der Waals surface area (Å²) in [6.45, 7) is 1.80. The zero-order valence-corrected chi connectivity index (χ0v) is 8.06. The van der Waals surface area contributed by atoms with E-state index >= 15 is 0 Å². The first-order valence-electron chi connectivity index (χ1n) is 4.13. The molecule has 0 saturated carbocycles. The Labute approximate surface area is 76.4 Å². The van der Waals surface area contributed by atoms with Gasteiger partial charge in [0, 0.05) is 0 Å². The molecule has 2 aliphatic heterocycles. The van der Waals surface area contributed by atoms with Crippen LogP contribution in [0.4, 0.5) is 4.79 Å². The minimum absolute atomic E-state index is 0.137. The van der Waals surface area contributed by atoms with E-state index in [1.165, 1.54) is 0 Å². The molecule has 2 unspecified atom stereocenters. The van der Waals surface area contributed by atoms with Crippen LogP contribution in [0.5, 0.6) is 0 Å². The molecule has 0 aromatic carbocycles. The van der Waals surface area contributed by atoms with Gasteiger partial charge in [-0.1, -0.05) is 0 Å². The van der Waals surface area contributed by atoms with Crippen molar-refractivity contribution in [3.05, 3.63) is 0 Å². The van der Waals surface area contributed by atoms with Gasteiger partial charge in [-0.15, -0.1) is 0 Å². The number of cyclic esters (lactones) is 1. The summed E-state index contributed by atoms with van der Waals surface area (Å²) >= 11 is 0. The molecule has 0 aliphatic carbocycles. The third-order valence-corrected chi connectivity index (χ3v) is 5.26.